The number of para-hydroxylation sites is 3. The van der Waals surface area contributed by atoms with Crippen LogP contribution < -0.4 is 15.0 Å². The van der Waals surface area contributed by atoms with Gasteiger partial charge in [0.25, 0.3) is 0 Å². The van der Waals surface area contributed by atoms with Crippen LogP contribution in [0.4, 0.5) is 17.3 Å². The van der Waals surface area contributed by atoms with Gasteiger partial charge in [-0.1, -0.05) is 30.3 Å². The zero-order chi connectivity index (χ0) is 18.5. The lowest BCUT2D eigenvalue weighted by molar-refractivity contribution is 0.122. The molecular formula is C21H22N4O2. The molecule has 1 fully saturated rings. The number of nitrogens with one attached hydrogen (secondary N) is 1. The number of nitrogens with zero attached hydrogens (tertiary/aromatic N) is 3. The molecule has 1 aliphatic rings. The summed E-state index contributed by atoms with van der Waals surface area (Å²) in [6.07, 6.45) is 0. The molecular weight excluding hydrogens is 340 g/mol. The quantitative estimate of drug-likeness (QED) is 0.735. The molecule has 138 valence electrons. The van der Waals surface area contributed by atoms with Crippen molar-refractivity contribution in [1.29, 1.82) is 0 Å². The smallest absolute Gasteiger partial charge is 0.150 e. The molecule has 1 aliphatic heterocycles. The Labute approximate surface area is 158 Å². The molecule has 4 rings (SSSR count). The van der Waals surface area contributed by atoms with Gasteiger partial charge in [0.15, 0.2) is 5.75 Å². The highest BCUT2D eigenvalue weighted by Gasteiger charge is 2.15. The third-order valence-electron chi connectivity index (χ3n) is 4.28. The molecule has 1 aromatic heterocycles. The zero-order valence-electron chi connectivity index (χ0n) is 15.3. The number of anilines is 3. The van der Waals surface area contributed by atoms with E-state index in [9.17, 15) is 0 Å². The number of ether oxygens (including phenoxy) is 2. The molecule has 1 N–H and O–H groups in total. The Morgan fingerprint density at radius 2 is 1.70 bits per heavy atom. The van der Waals surface area contributed by atoms with Gasteiger partial charge in [0.2, 0.25) is 0 Å². The molecule has 2 heterocycles. The van der Waals surface area contributed by atoms with Gasteiger partial charge >= 0.3 is 0 Å². The second-order valence-corrected chi connectivity index (χ2v) is 6.29. The van der Waals surface area contributed by atoms with Crippen LogP contribution in [-0.4, -0.2) is 36.3 Å². The van der Waals surface area contributed by atoms with Crippen molar-refractivity contribution in [2.24, 2.45) is 0 Å². The van der Waals surface area contributed by atoms with Crippen molar-refractivity contribution in [1.82, 2.24) is 9.97 Å². The normalized spacial score (nSPS) is 14.0. The highest BCUT2D eigenvalue weighted by molar-refractivity contribution is 5.66. The van der Waals surface area contributed by atoms with E-state index in [4.69, 9.17) is 9.47 Å². The van der Waals surface area contributed by atoms with Crippen molar-refractivity contribution in [3.63, 3.8) is 0 Å². The van der Waals surface area contributed by atoms with Crippen LogP contribution in [0.15, 0.2) is 60.7 Å². The molecule has 0 spiro atoms. The summed E-state index contributed by atoms with van der Waals surface area (Å²) in [5.41, 5.74) is 0.854. The van der Waals surface area contributed by atoms with E-state index in [1.54, 1.807) is 0 Å². The Morgan fingerprint density at radius 1 is 0.963 bits per heavy atom. The number of benzene rings is 2. The van der Waals surface area contributed by atoms with Gasteiger partial charge in [-0.25, -0.2) is 9.97 Å². The predicted molar refractivity (Wildman–Crippen MR) is 106 cm³/mol. The second kappa shape index (κ2) is 8.05. The summed E-state index contributed by atoms with van der Waals surface area (Å²) in [7, 11) is 0. The number of hydrogen-bond donors (Lipinski definition) is 1. The minimum absolute atomic E-state index is 0.722. The molecule has 0 aliphatic carbocycles. The zero-order valence-corrected chi connectivity index (χ0v) is 15.3. The Bertz CT molecular complexity index is 896. The van der Waals surface area contributed by atoms with Crippen LogP contribution in [0, 0.1) is 6.92 Å². The van der Waals surface area contributed by atoms with Gasteiger partial charge in [-0.2, -0.15) is 0 Å². The summed E-state index contributed by atoms with van der Waals surface area (Å²) in [5, 5.41) is 3.38. The average molecular weight is 362 g/mol. The molecule has 0 radical (unpaired) electrons. The Morgan fingerprint density at radius 3 is 2.52 bits per heavy atom. The van der Waals surface area contributed by atoms with Crippen molar-refractivity contribution in [2.45, 2.75) is 6.92 Å². The van der Waals surface area contributed by atoms with Gasteiger partial charge in [-0.05, 0) is 31.2 Å². The van der Waals surface area contributed by atoms with E-state index in [1.807, 2.05) is 67.6 Å². The van der Waals surface area contributed by atoms with E-state index >= 15 is 0 Å². The first-order chi connectivity index (χ1) is 13.3. The number of rotatable bonds is 5. The Balaban J connectivity index is 1.58. The second-order valence-electron chi connectivity index (χ2n) is 6.29. The lowest BCUT2D eigenvalue weighted by Gasteiger charge is -2.28. The van der Waals surface area contributed by atoms with Crippen LogP contribution in [0.1, 0.15) is 5.82 Å². The lowest BCUT2D eigenvalue weighted by Crippen LogP contribution is -2.36. The fourth-order valence-corrected chi connectivity index (χ4v) is 2.98. The summed E-state index contributed by atoms with van der Waals surface area (Å²) in [6.45, 7) is 5.02. The minimum Gasteiger partial charge on any atom is -0.455 e. The van der Waals surface area contributed by atoms with Crippen LogP contribution in [0.25, 0.3) is 0 Å². The summed E-state index contributed by atoms with van der Waals surface area (Å²) in [4.78, 5) is 11.3. The third kappa shape index (κ3) is 4.35. The van der Waals surface area contributed by atoms with Crippen LogP contribution in [0.2, 0.25) is 0 Å². The first-order valence-electron chi connectivity index (χ1n) is 9.05. The number of morpholine rings is 1. The van der Waals surface area contributed by atoms with E-state index < -0.39 is 0 Å². The van der Waals surface area contributed by atoms with Gasteiger partial charge in [-0.15, -0.1) is 0 Å². The van der Waals surface area contributed by atoms with Gasteiger partial charge < -0.3 is 19.7 Å². The Hall–Kier alpha value is -3.12. The molecule has 0 saturated carbocycles. The summed E-state index contributed by atoms with van der Waals surface area (Å²) in [6, 6.07) is 19.5. The number of aryl methyl sites for hydroxylation is 1. The molecule has 0 bridgehead atoms. The van der Waals surface area contributed by atoms with Gasteiger partial charge in [0, 0.05) is 19.2 Å². The first kappa shape index (κ1) is 17.3. The van der Waals surface area contributed by atoms with Crippen molar-refractivity contribution < 1.29 is 9.47 Å². The van der Waals surface area contributed by atoms with Crippen LogP contribution >= 0.6 is 0 Å². The summed E-state index contributed by atoms with van der Waals surface area (Å²) < 4.78 is 11.5. The SMILES string of the molecule is Cc1nc(Nc2ccccc2Oc2ccccc2)cc(N2CCOCC2)n1. The lowest BCUT2D eigenvalue weighted by atomic mass is 10.2. The van der Waals surface area contributed by atoms with E-state index in [2.05, 4.69) is 20.2 Å². The highest BCUT2D eigenvalue weighted by atomic mass is 16.5. The van der Waals surface area contributed by atoms with Gasteiger partial charge in [-0.3, -0.25) is 0 Å². The molecule has 27 heavy (non-hydrogen) atoms. The van der Waals surface area contributed by atoms with Crippen molar-refractivity contribution in [3.05, 3.63) is 66.5 Å². The monoisotopic (exact) mass is 362 g/mol. The van der Waals surface area contributed by atoms with Gasteiger partial charge in [0.1, 0.15) is 23.2 Å². The van der Waals surface area contributed by atoms with Crippen LogP contribution in [0.3, 0.4) is 0 Å². The van der Waals surface area contributed by atoms with E-state index in [0.717, 1.165) is 60.9 Å². The van der Waals surface area contributed by atoms with E-state index in [-0.39, 0.29) is 0 Å². The molecule has 6 heteroatoms. The number of hydrogen-bond acceptors (Lipinski definition) is 6. The molecule has 6 nitrogen and oxygen atoms in total. The van der Waals surface area contributed by atoms with Crippen LogP contribution in [0.5, 0.6) is 11.5 Å². The topological polar surface area (TPSA) is 59.5 Å². The first-order valence-corrected chi connectivity index (χ1v) is 9.05. The van der Waals surface area contributed by atoms with Crippen molar-refractivity contribution in [2.75, 3.05) is 36.5 Å². The highest BCUT2D eigenvalue weighted by Crippen LogP contribution is 2.31. The minimum atomic E-state index is 0.722. The molecule has 0 unspecified atom stereocenters. The largest absolute Gasteiger partial charge is 0.455 e. The number of aromatic nitrogens is 2. The maximum Gasteiger partial charge on any atom is 0.150 e. The van der Waals surface area contributed by atoms with Crippen LogP contribution in [-0.2, 0) is 4.74 Å². The van der Waals surface area contributed by atoms with E-state index in [1.165, 1.54) is 0 Å². The predicted octanol–water partition coefficient (Wildman–Crippen LogP) is 4.16. The fraction of sp³-hybridized carbons (Fsp3) is 0.238. The fourth-order valence-electron chi connectivity index (χ4n) is 2.98. The molecule has 1 saturated heterocycles. The standard InChI is InChI=1S/C21H22N4O2/c1-16-22-20(15-21(23-16)25-11-13-26-14-12-25)24-18-9-5-6-10-19(18)27-17-7-3-2-4-8-17/h2-10,15H,11-14H2,1H3,(H,22,23,24). The molecule has 0 amide bonds. The van der Waals surface area contributed by atoms with E-state index in [0.29, 0.717) is 0 Å². The van der Waals surface area contributed by atoms with Gasteiger partial charge in [0.05, 0.1) is 18.9 Å². The summed E-state index contributed by atoms with van der Waals surface area (Å²) in [5.74, 6) is 3.92. The molecule has 3 aromatic rings. The van der Waals surface area contributed by atoms with Crippen molar-refractivity contribution in [3.8, 4) is 11.5 Å². The van der Waals surface area contributed by atoms with Crippen molar-refractivity contribution >= 4 is 17.3 Å². The molecule has 2 aromatic carbocycles. The maximum atomic E-state index is 6.03. The summed E-state index contributed by atoms with van der Waals surface area (Å²) >= 11 is 0. The Kier molecular flexibility index (Phi) is 5.16. The average Bonchev–Trinajstić information content (AvgIpc) is 2.71. The molecule has 0 atom stereocenters. The maximum absolute atomic E-state index is 6.03. The third-order valence-corrected chi connectivity index (χ3v) is 4.28.